The molecule has 27 heavy (non-hydrogen) atoms. The van der Waals surface area contributed by atoms with Gasteiger partial charge in [-0.05, 0) is 25.5 Å². The highest BCUT2D eigenvalue weighted by Gasteiger charge is 2.16. The van der Waals surface area contributed by atoms with Crippen molar-refractivity contribution in [3.63, 3.8) is 0 Å². The van der Waals surface area contributed by atoms with Crippen molar-refractivity contribution < 1.29 is 4.79 Å². The molecule has 0 radical (unpaired) electrons. The number of hydrazone groups is 1. The lowest BCUT2D eigenvalue weighted by Crippen LogP contribution is -2.29. The van der Waals surface area contributed by atoms with Crippen molar-refractivity contribution in [3.8, 4) is 0 Å². The molecule has 0 aliphatic rings. The number of halogens is 1. The Morgan fingerprint density at radius 1 is 1.15 bits per heavy atom. The van der Waals surface area contributed by atoms with Gasteiger partial charge in [-0.25, -0.2) is 10.1 Å². The third-order valence-corrected chi connectivity index (χ3v) is 4.44. The van der Waals surface area contributed by atoms with E-state index in [4.69, 9.17) is 11.6 Å². The number of nitrogens with zero attached hydrogens (tertiary/aromatic N) is 3. The highest BCUT2D eigenvalue weighted by Crippen LogP contribution is 2.16. The monoisotopic (exact) mass is 382 g/mol. The van der Waals surface area contributed by atoms with Crippen molar-refractivity contribution >= 4 is 34.0 Å². The van der Waals surface area contributed by atoms with Gasteiger partial charge in [0.1, 0.15) is 0 Å². The van der Waals surface area contributed by atoms with Crippen LogP contribution in [0.25, 0.3) is 10.8 Å². The van der Waals surface area contributed by atoms with Crippen LogP contribution >= 0.6 is 11.6 Å². The number of aryl methyl sites for hydroxylation is 1. The first kappa shape index (κ1) is 18.8. The summed E-state index contributed by atoms with van der Waals surface area (Å²) in [6.45, 7) is 4.14. The van der Waals surface area contributed by atoms with Crippen LogP contribution in [0, 0.1) is 0 Å². The molecule has 1 aromatic heterocycles. The fraction of sp³-hybridized carbons (Fsp3) is 0.200. The maximum Gasteiger partial charge on any atom is 0.292 e. The number of hydrogen-bond acceptors (Lipinski definition) is 4. The molecule has 7 heteroatoms. The van der Waals surface area contributed by atoms with Gasteiger partial charge in [-0.3, -0.25) is 9.59 Å². The van der Waals surface area contributed by atoms with E-state index in [0.717, 1.165) is 12.0 Å². The van der Waals surface area contributed by atoms with Gasteiger partial charge >= 0.3 is 0 Å². The molecule has 1 amide bonds. The summed E-state index contributed by atoms with van der Waals surface area (Å²) in [5.41, 5.74) is 3.77. The third kappa shape index (κ3) is 3.90. The minimum absolute atomic E-state index is 0.161. The molecule has 0 bridgehead atoms. The average Bonchev–Trinajstić information content (AvgIpc) is 2.68. The van der Waals surface area contributed by atoms with Crippen molar-refractivity contribution in [3.05, 3.63) is 75.2 Å². The van der Waals surface area contributed by atoms with Crippen molar-refractivity contribution in [1.29, 1.82) is 0 Å². The average molecular weight is 383 g/mol. The summed E-state index contributed by atoms with van der Waals surface area (Å²) in [6, 6.07) is 14.2. The third-order valence-electron chi connectivity index (χ3n) is 4.11. The maximum atomic E-state index is 12.7. The van der Waals surface area contributed by atoms with Gasteiger partial charge in [-0.15, -0.1) is 0 Å². The summed E-state index contributed by atoms with van der Waals surface area (Å²) < 4.78 is 1.32. The Morgan fingerprint density at radius 2 is 1.81 bits per heavy atom. The van der Waals surface area contributed by atoms with Crippen LogP contribution in [0.2, 0.25) is 5.02 Å². The topological polar surface area (TPSA) is 76.3 Å². The van der Waals surface area contributed by atoms with Crippen molar-refractivity contribution in [2.75, 3.05) is 0 Å². The van der Waals surface area contributed by atoms with E-state index in [1.54, 1.807) is 37.3 Å². The Balaban J connectivity index is 1.98. The van der Waals surface area contributed by atoms with Gasteiger partial charge in [0, 0.05) is 22.5 Å². The first-order chi connectivity index (χ1) is 13.0. The quantitative estimate of drug-likeness (QED) is 0.541. The molecule has 1 N–H and O–H groups in total. The predicted octanol–water partition coefficient (Wildman–Crippen LogP) is 3.61. The number of fused-ring (bicyclic) bond motifs is 1. The second kappa shape index (κ2) is 8.14. The molecule has 0 spiro atoms. The van der Waals surface area contributed by atoms with Gasteiger partial charge < -0.3 is 0 Å². The van der Waals surface area contributed by atoms with Crippen LogP contribution in [-0.4, -0.2) is 21.4 Å². The maximum absolute atomic E-state index is 12.7. The smallest absolute Gasteiger partial charge is 0.267 e. The lowest BCUT2D eigenvalue weighted by Gasteiger charge is -2.10. The zero-order chi connectivity index (χ0) is 19.4. The molecule has 0 unspecified atom stereocenters. The predicted molar refractivity (Wildman–Crippen MR) is 107 cm³/mol. The summed E-state index contributed by atoms with van der Waals surface area (Å²) in [4.78, 5) is 25.2. The molecule has 0 fully saturated rings. The molecular formula is C20H19ClN4O2. The first-order valence-corrected chi connectivity index (χ1v) is 9.00. The molecular weight excluding hydrogens is 364 g/mol. The summed E-state index contributed by atoms with van der Waals surface area (Å²) in [5, 5.41) is 9.90. The van der Waals surface area contributed by atoms with Gasteiger partial charge in [0.15, 0.2) is 5.69 Å². The van der Waals surface area contributed by atoms with Gasteiger partial charge in [0.2, 0.25) is 0 Å². The van der Waals surface area contributed by atoms with E-state index in [1.165, 1.54) is 4.68 Å². The van der Waals surface area contributed by atoms with Gasteiger partial charge in [0.05, 0.1) is 11.1 Å². The molecule has 2 aromatic carbocycles. The van der Waals surface area contributed by atoms with E-state index in [1.807, 2.05) is 25.1 Å². The lowest BCUT2D eigenvalue weighted by atomic mass is 10.1. The summed E-state index contributed by atoms with van der Waals surface area (Å²) >= 11 is 6.16. The zero-order valence-electron chi connectivity index (χ0n) is 15.1. The van der Waals surface area contributed by atoms with Crippen LogP contribution in [0.3, 0.4) is 0 Å². The summed E-state index contributed by atoms with van der Waals surface area (Å²) in [7, 11) is 0. The SMILES string of the molecule is CCCn1nc(C(=O)N/N=C(/C)c2ccccc2Cl)c2ccccc2c1=O. The van der Waals surface area contributed by atoms with Gasteiger partial charge in [-0.2, -0.15) is 10.2 Å². The van der Waals surface area contributed by atoms with Crippen LogP contribution in [0.15, 0.2) is 58.4 Å². The Hall–Kier alpha value is -2.99. The highest BCUT2D eigenvalue weighted by atomic mass is 35.5. The molecule has 138 valence electrons. The van der Waals surface area contributed by atoms with E-state index < -0.39 is 5.91 Å². The molecule has 0 saturated heterocycles. The van der Waals surface area contributed by atoms with Crippen molar-refractivity contribution in [2.24, 2.45) is 5.10 Å². The fourth-order valence-electron chi connectivity index (χ4n) is 2.77. The standard InChI is InChI=1S/C20H19ClN4O2/c1-3-12-25-20(27)16-10-5-4-9-15(16)18(24-25)19(26)23-22-13(2)14-8-6-7-11-17(14)21/h4-11H,3,12H2,1-2H3,(H,23,26)/b22-13-. The largest absolute Gasteiger partial charge is 0.292 e. The molecule has 3 aromatic rings. The fourth-order valence-corrected chi connectivity index (χ4v) is 3.04. The number of rotatable bonds is 5. The number of amides is 1. The second-order valence-corrected chi connectivity index (χ2v) is 6.45. The minimum Gasteiger partial charge on any atom is -0.267 e. The summed E-state index contributed by atoms with van der Waals surface area (Å²) in [5.74, 6) is -0.484. The molecule has 3 rings (SSSR count). The lowest BCUT2D eigenvalue weighted by molar-refractivity contribution is 0.0949. The molecule has 6 nitrogen and oxygen atoms in total. The van der Waals surface area contributed by atoms with Crippen molar-refractivity contribution in [2.45, 2.75) is 26.8 Å². The molecule has 0 aliphatic carbocycles. The van der Waals surface area contributed by atoms with Crippen LogP contribution in [0.1, 0.15) is 36.3 Å². The number of hydrogen-bond donors (Lipinski definition) is 1. The van der Waals surface area contributed by atoms with E-state index >= 15 is 0 Å². The number of nitrogens with one attached hydrogen (secondary N) is 1. The van der Waals surface area contributed by atoms with Gasteiger partial charge in [-0.1, -0.05) is 54.9 Å². The van der Waals surface area contributed by atoms with Crippen LogP contribution in [0.5, 0.6) is 0 Å². The Kier molecular flexibility index (Phi) is 5.66. The van der Waals surface area contributed by atoms with Crippen LogP contribution < -0.4 is 11.0 Å². The number of carbonyl (C=O) groups is 1. The van der Waals surface area contributed by atoms with E-state index in [9.17, 15) is 9.59 Å². The molecule has 0 saturated carbocycles. The molecule has 0 atom stereocenters. The van der Waals surface area contributed by atoms with Crippen LogP contribution in [-0.2, 0) is 6.54 Å². The highest BCUT2D eigenvalue weighted by molar-refractivity contribution is 6.34. The van der Waals surface area contributed by atoms with Crippen LogP contribution in [0.4, 0.5) is 0 Å². The van der Waals surface area contributed by atoms with E-state index in [2.05, 4.69) is 15.6 Å². The van der Waals surface area contributed by atoms with E-state index in [0.29, 0.717) is 28.1 Å². The molecule has 0 aliphatic heterocycles. The Morgan fingerprint density at radius 3 is 2.52 bits per heavy atom. The van der Waals surface area contributed by atoms with Gasteiger partial charge in [0.25, 0.3) is 11.5 Å². The number of carbonyl (C=O) groups excluding carboxylic acids is 1. The Labute approximate surface area is 161 Å². The summed E-state index contributed by atoms with van der Waals surface area (Å²) in [6.07, 6.45) is 0.732. The first-order valence-electron chi connectivity index (χ1n) is 8.62. The number of benzene rings is 2. The normalized spacial score (nSPS) is 11.6. The zero-order valence-corrected chi connectivity index (χ0v) is 15.8. The molecule has 1 heterocycles. The van der Waals surface area contributed by atoms with Crippen molar-refractivity contribution in [1.82, 2.24) is 15.2 Å². The second-order valence-electron chi connectivity index (χ2n) is 6.04. The number of aromatic nitrogens is 2. The minimum atomic E-state index is -0.484. The Bertz CT molecular complexity index is 1090. The van der Waals surface area contributed by atoms with E-state index in [-0.39, 0.29) is 11.3 Å².